The molecule has 0 heterocycles. The van der Waals surface area contributed by atoms with E-state index in [-0.39, 0.29) is 0 Å². The Morgan fingerprint density at radius 3 is 2.47 bits per heavy atom. The highest BCUT2D eigenvalue weighted by molar-refractivity contribution is 6.31. The molecule has 0 amide bonds. The molecule has 19 heavy (non-hydrogen) atoms. The summed E-state index contributed by atoms with van der Waals surface area (Å²) in [5.41, 5.74) is 2.48. The van der Waals surface area contributed by atoms with Crippen molar-refractivity contribution in [1.82, 2.24) is 5.32 Å². The molecule has 1 aromatic carbocycles. The molecule has 0 aliphatic rings. The molecule has 0 radical (unpaired) electrons. The van der Waals surface area contributed by atoms with E-state index in [1.807, 2.05) is 0 Å². The molecule has 108 valence electrons. The van der Waals surface area contributed by atoms with Crippen LogP contribution >= 0.6 is 11.6 Å². The minimum atomic E-state index is 0.403. The summed E-state index contributed by atoms with van der Waals surface area (Å²) in [5.74, 6) is 0. The van der Waals surface area contributed by atoms with Crippen LogP contribution in [-0.2, 0) is 0 Å². The third kappa shape index (κ3) is 5.97. The minimum Gasteiger partial charge on any atom is -0.310 e. The molecule has 0 bridgehead atoms. The van der Waals surface area contributed by atoms with Gasteiger partial charge in [0, 0.05) is 11.1 Å². The Balaban J connectivity index is 2.55. The van der Waals surface area contributed by atoms with Crippen molar-refractivity contribution in [1.29, 1.82) is 0 Å². The highest BCUT2D eigenvalue weighted by Crippen LogP contribution is 2.27. The highest BCUT2D eigenvalue weighted by Gasteiger charge is 2.13. The predicted molar refractivity (Wildman–Crippen MR) is 86.0 cm³/mol. The lowest BCUT2D eigenvalue weighted by Crippen LogP contribution is -2.21. The number of aryl methyl sites for hydroxylation is 1. The summed E-state index contributed by atoms with van der Waals surface area (Å²) in [5, 5.41) is 4.47. The normalized spacial score (nSPS) is 12.6. The topological polar surface area (TPSA) is 12.0 Å². The van der Waals surface area contributed by atoms with Gasteiger partial charge in [0.25, 0.3) is 0 Å². The summed E-state index contributed by atoms with van der Waals surface area (Å²) in [4.78, 5) is 0. The van der Waals surface area contributed by atoms with Gasteiger partial charge in [0.1, 0.15) is 0 Å². The van der Waals surface area contributed by atoms with Crippen LogP contribution in [0.25, 0.3) is 0 Å². The molecule has 1 rings (SSSR count). The van der Waals surface area contributed by atoms with Gasteiger partial charge in [-0.3, -0.25) is 0 Å². The van der Waals surface area contributed by atoms with Gasteiger partial charge in [-0.05, 0) is 37.1 Å². The first kappa shape index (κ1) is 16.5. The zero-order chi connectivity index (χ0) is 14.1. The van der Waals surface area contributed by atoms with Crippen LogP contribution in [0, 0.1) is 6.92 Å². The molecule has 2 heteroatoms. The largest absolute Gasteiger partial charge is 0.310 e. The summed E-state index contributed by atoms with van der Waals surface area (Å²) in [6, 6.07) is 6.80. The van der Waals surface area contributed by atoms with Crippen molar-refractivity contribution in [3.63, 3.8) is 0 Å². The SMILES string of the molecule is CCCCCCCC(NCC)c1ccc(C)cc1Cl. The Bertz CT molecular complexity index is 362. The Morgan fingerprint density at radius 2 is 1.84 bits per heavy atom. The van der Waals surface area contributed by atoms with Crippen LogP contribution in [0.15, 0.2) is 18.2 Å². The van der Waals surface area contributed by atoms with Gasteiger partial charge in [-0.15, -0.1) is 0 Å². The van der Waals surface area contributed by atoms with Crippen LogP contribution in [0.3, 0.4) is 0 Å². The number of unbranched alkanes of at least 4 members (excludes halogenated alkanes) is 4. The van der Waals surface area contributed by atoms with Gasteiger partial charge in [0.15, 0.2) is 0 Å². The number of hydrogen-bond acceptors (Lipinski definition) is 1. The Morgan fingerprint density at radius 1 is 1.11 bits per heavy atom. The fourth-order valence-electron chi connectivity index (χ4n) is 2.48. The molecule has 0 aliphatic carbocycles. The van der Waals surface area contributed by atoms with Crippen LogP contribution in [0.1, 0.15) is 69.5 Å². The van der Waals surface area contributed by atoms with Gasteiger partial charge in [0.05, 0.1) is 0 Å². The third-order valence-electron chi connectivity index (χ3n) is 3.58. The van der Waals surface area contributed by atoms with E-state index < -0.39 is 0 Å². The summed E-state index contributed by atoms with van der Waals surface area (Å²) < 4.78 is 0. The number of benzene rings is 1. The lowest BCUT2D eigenvalue weighted by atomic mass is 9.98. The molecule has 1 nitrogen and oxygen atoms in total. The van der Waals surface area contributed by atoms with E-state index in [0.29, 0.717) is 6.04 Å². The number of halogens is 1. The van der Waals surface area contributed by atoms with E-state index in [0.717, 1.165) is 11.6 Å². The standard InChI is InChI=1S/C17H28ClN/c1-4-6-7-8-9-10-17(19-5-2)15-12-11-14(3)13-16(15)18/h11-13,17,19H,4-10H2,1-3H3. The van der Waals surface area contributed by atoms with Crippen molar-refractivity contribution >= 4 is 11.6 Å². The van der Waals surface area contributed by atoms with Gasteiger partial charge in [-0.1, -0.05) is 69.7 Å². The summed E-state index contributed by atoms with van der Waals surface area (Å²) in [6.45, 7) is 7.49. The molecule has 0 aliphatic heterocycles. The highest BCUT2D eigenvalue weighted by atomic mass is 35.5. The Kier molecular flexibility index (Phi) is 8.16. The fourth-order valence-corrected chi connectivity index (χ4v) is 2.85. The molecule has 1 unspecified atom stereocenters. The van der Waals surface area contributed by atoms with Crippen LogP contribution in [0.4, 0.5) is 0 Å². The van der Waals surface area contributed by atoms with Crippen molar-refractivity contribution in [2.75, 3.05) is 6.54 Å². The maximum atomic E-state index is 6.38. The first-order chi connectivity index (χ1) is 9.19. The molecular formula is C17H28ClN. The van der Waals surface area contributed by atoms with E-state index in [4.69, 9.17) is 11.6 Å². The first-order valence-corrected chi connectivity index (χ1v) is 8.06. The average Bonchev–Trinajstić information content (AvgIpc) is 2.38. The second kappa shape index (κ2) is 9.39. The molecule has 1 atom stereocenters. The van der Waals surface area contributed by atoms with Crippen molar-refractivity contribution in [3.8, 4) is 0 Å². The first-order valence-electron chi connectivity index (χ1n) is 7.68. The van der Waals surface area contributed by atoms with Crippen molar-refractivity contribution in [3.05, 3.63) is 34.3 Å². The fraction of sp³-hybridized carbons (Fsp3) is 0.647. The molecule has 0 saturated carbocycles. The van der Waals surface area contributed by atoms with Crippen molar-refractivity contribution < 1.29 is 0 Å². The van der Waals surface area contributed by atoms with Crippen LogP contribution in [0.5, 0.6) is 0 Å². The second-order valence-electron chi connectivity index (χ2n) is 5.34. The van der Waals surface area contributed by atoms with Gasteiger partial charge >= 0.3 is 0 Å². The van der Waals surface area contributed by atoms with Gasteiger partial charge in [-0.25, -0.2) is 0 Å². The summed E-state index contributed by atoms with van der Waals surface area (Å²) >= 11 is 6.38. The molecule has 1 aromatic rings. The van der Waals surface area contributed by atoms with E-state index in [2.05, 4.69) is 44.3 Å². The van der Waals surface area contributed by atoms with Gasteiger partial charge < -0.3 is 5.32 Å². The number of rotatable bonds is 9. The lowest BCUT2D eigenvalue weighted by molar-refractivity contribution is 0.479. The average molecular weight is 282 g/mol. The quantitative estimate of drug-likeness (QED) is 0.576. The molecular weight excluding hydrogens is 254 g/mol. The third-order valence-corrected chi connectivity index (χ3v) is 3.91. The molecule has 0 aromatic heterocycles. The smallest absolute Gasteiger partial charge is 0.0456 e. The van der Waals surface area contributed by atoms with E-state index in [1.165, 1.54) is 49.7 Å². The van der Waals surface area contributed by atoms with Crippen molar-refractivity contribution in [2.45, 2.75) is 65.3 Å². The van der Waals surface area contributed by atoms with E-state index in [1.54, 1.807) is 0 Å². The van der Waals surface area contributed by atoms with Gasteiger partial charge in [0.2, 0.25) is 0 Å². The Hall–Kier alpha value is -0.530. The van der Waals surface area contributed by atoms with E-state index in [9.17, 15) is 0 Å². The van der Waals surface area contributed by atoms with Crippen LogP contribution in [0.2, 0.25) is 5.02 Å². The summed E-state index contributed by atoms with van der Waals surface area (Å²) in [7, 11) is 0. The van der Waals surface area contributed by atoms with E-state index >= 15 is 0 Å². The molecule has 0 spiro atoms. The van der Waals surface area contributed by atoms with Crippen molar-refractivity contribution in [2.24, 2.45) is 0 Å². The van der Waals surface area contributed by atoms with Crippen LogP contribution in [-0.4, -0.2) is 6.54 Å². The maximum absolute atomic E-state index is 6.38. The summed E-state index contributed by atoms with van der Waals surface area (Å²) in [6.07, 6.45) is 7.82. The monoisotopic (exact) mass is 281 g/mol. The molecule has 0 saturated heterocycles. The minimum absolute atomic E-state index is 0.403. The number of hydrogen-bond donors (Lipinski definition) is 1. The Labute approximate surface area is 123 Å². The van der Waals surface area contributed by atoms with Gasteiger partial charge in [-0.2, -0.15) is 0 Å². The number of nitrogens with one attached hydrogen (secondary N) is 1. The lowest BCUT2D eigenvalue weighted by Gasteiger charge is -2.20. The zero-order valence-corrected chi connectivity index (χ0v) is 13.4. The maximum Gasteiger partial charge on any atom is 0.0456 e. The van der Waals surface area contributed by atoms with Crippen LogP contribution < -0.4 is 5.32 Å². The molecule has 1 N–H and O–H groups in total. The predicted octanol–water partition coefficient (Wildman–Crippen LogP) is 5.66. The second-order valence-corrected chi connectivity index (χ2v) is 5.75. The molecule has 0 fully saturated rings. The zero-order valence-electron chi connectivity index (χ0n) is 12.6.